The van der Waals surface area contributed by atoms with Crippen LogP contribution in [-0.2, 0) is 4.79 Å². The Hall–Kier alpha value is -1.55. The van der Waals surface area contributed by atoms with E-state index in [4.69, 9.17) is 5.73 Å². The lowest BCUT2D eigenvalue weighted by Crippen LogP contribution is -2.42. The molecule has 1 amide bonds. The standard InChI is InChI=1S/C17H27N3O/c1-4-17(3)7-9-20(10-8-17)12-16(21)19-15-11-14(18)6-5-13(15)2/h5-6,11H,4,7-10,12,18H2,1-3H3,(H,19,21). The first-order chi connectivity index (χ1) is 9.92. The number of nitrogens with one attached hydrogen (secondary N) is 1. The second-order valence-corrected chi connectivity index (χ2v) is 6.56. The fourth-order valence-corrected chi connectivity index (χ4v) is 2.77. The zero-order chi connectivity index (χ0) is 15.5. The number of aryl methyl sites for hydroxylation is 1. The molecule has 4 nitrogen and oxygen atoms in total. The van der Waals surface area contributed by atoms with Crippen LogP contribution in [0.25, 0.3) is 0 Å². The number of benzene rings is 1. The molecule has 0 bridgehead atoms. The molecule has 0 aromatic heterocycles. The average Bonchev–Trinajstić information content (AvgIpc) is 2.46. The molecular weight excluding hydrogens is 262 g/mol. The predicted octanol–water partition coefficient (Wildman–Crippen LogP) is 3.03. The Bertz CT molecular complexity index is 505. The van der Waals surface area contributed by atoms with Gasteiger partial charge in [-0.25, -0.2) is 0 Å². The molecule has 1 saturated heterocycles. The Kier molecular flexibility index (Phi) is 4.88. The van der Waals surface area contributed by atoms with Crippen molar-refractivity contribution in [2.24, 2.45) is 5.41 Å². The van der Waals surface area contributed by atoms with E-state index in [0.29, 0.717) is 17.6 Å². The molecule has 0 unspecified atom stereocenters. The summed E-state index contributed by atoms with van der Waals surface area (Å²) in [5, 5.41) is 2.97. The first-order valence-electron chi connectivity index (χ1n) is 7.80. The summed E-state index contributed by atoms with van der Waals surface area (Å²) in [5.41, 5.74) is 8.75. The van der Waals surface area contributed by atoms with E-state index in [1.54, 1.807) is 0 Å². The third kappa shape index (κ3) is 4.21. The second kappa shape index (κ2) is 6.48. The molecule has 4 heteroatoms. The molecule has 0 radical (unpaired) electrons. The minimum Gasteiger partial charge on any atom is -0.399 e. The molecule has 0 spiro atoms. The summed E-state index contributed by atoms with van der Waals surface area (Å²) < 4.78 is 0. The van der Waals surface area contributed by atoms with Crippen molar-refractivity contribution in [2.45, 2.75) is 40.0 Å². The third-order valence-corrected chi connectivity index (χ3v) is 4.82. The molecule has 1 aliphatic rings. The van der Waals surface area contributed by atoms with Gasteiger partial charge in [0.25, 0.3) is 0 Å². The van der Waals surface area contributed by atoms with Crippen LogP contribution in [0.2, 0.25) is 0 Å². The van der Waals surface area contributed by atoms with Gasteiger partial charge in [-0.1, -0.05) is 26.3 Å². The van der Waals surface area contributed by atoms with Crippen molar-refractivity contribution < 1.29 is 4.79 Å². The molecule has 1 aromatic rings. The van der Waals surface area contributed by atoms with E-state index in [2.05, 4.69) is 24.1 Å². The van der Waals surface area contributed by atoms with Crippen molar-refractivity contribution in [3.8, 4) is 0 Å². The summed E-state index contributed by atoms with van der Waals surface area (Å²) in [6.45, 7) is 9.06. The lowest BCUT2D eigenvalue weighted by molar-refractivity contribution is -0.117. The highest BCUT2D eigenvalue weighted by Crippen LogP contribution is 2.33. The molecule has 1 heterocycles. The van der Waals surface area contributed by atoms with Gasteiger partial charge in [0.05, 0.1) is 6.54 Å². The zero-order valence-electron chi connectivity index (χ0n) is 13.4. The number of rotatable bonds is 4. The van der Waals surface area contributed by atoms with Crippen molar-refractivity contribution in [3.05, 3.63) is 23.8 Å². The number of likely N-dealkylation sites (tertiary alicyclic amines) is 1. The summed E-state index contributed by atoms with van der Waals surface area (Å²) in [6, 6.07) is 5.59. The van der Waals surface area contributed by atoms with Crippen LogP contribution in [-0.4, -0.2) is 30.4 Å². The molecule has 1 aliphatic heterocycles. The number of nitrogens with two attached hydrogens (primary N) is 1. The lowest BCUT2D eigenvalue weighted by atomic mass is 9.78. The van der Waals surface area contributed by atoms with Gasteiger partial charge in [-0.15, -0.1) is 0 Å². The van der Waals surface area contributed by atoms with Crippen molar-refractivity contribution in [2.75, 3.05) is 30.7 Å². The number of nitrogen functional groups attached to an aromatic ring is 1. The van der Waals surface area contributed by atoms with Crippen molar-refractivity contribution in [3.63, 3.8) is 0 Å². The second-order valence-electron chi connectivity index (χ2n) is 6.56. The summed E-state index contributed by atoms with van der Waals surface area (Å²) in [4.78, 5) is 14.4. The van der Waals surface area contributed by atoms with Gasteiger partial charge in [-0.05, 0) is 56.0 Å². The molecule has 1 fully saturated rings. The third-order valence-electron chi connectivity index (χ3n) is 4.82. The van der Waals surface area contributed by atoms with Crippen LogP contribution in [0, 0.1) is 12.3 Å². The molecular formula is C17H27N3O. The first-order valence-corrected chi connectivity index (χ1v) is 7.80. The minimum atomic E-state index is 0.0452. The SMILES string of the molecule is CCC1(C)CCN(CC(=O)Nc2cc(N)ccc2C)CC1. The Morgan fingerprint density at radius 2 is 2.05 bits per heavy atom. The highest BCUT2D eigenvalue weighted by molar-refractivity contribution is 5.93. The van der Waals surface area contributed by atoms with E-state index in [1.807, 2.05) is 25.1 Å². The van der Waals surface area contributed by atoms with Crippen LogP contribution in [0.15, 0.2) is 18.2 Å². The average molecular weight is 289 g/mol. The maximum atomic E-state index is 12.2. The van der Waals surface area contributed by atoms with Gasteiger partial charge >= 0.3 is 0 Å². The van der Waals surface area contributed by atoms with Crippen LogP contribution in [0.5, 0.6) is 0 Å². The van der Waals surface area contributed by atoms with Gasteiger partial charge in [0.1, 0.15) is 0 Å². The fraction of sp³-hybridized carbons (Fsp3) is 0.588. The highest BCUT2D eigenvalue weighted by Gasteiger charge is 2.28. The number of hydrogen-bond donors (Lipinski definition) is 2. The Morgan fingerprint density at radius 3 is 2.67 bits per heavy atom. The summed E-state index contributed by atoms with van der Waals surface area (Å²) in [7, 11) is 0. The Labute approximate surface area is 127 Å². The number of piperidine rings is 1. The number of anilines is 2. The maximum absolute atomic E-state index is 12.2. The first kappa shape index (κ1) is 15.8. The minimum absolute atomic E-state index is 0.0452. The quantitative estimate of drug-likeness (QED) is 0.838. The lowest BCUT2D eigenvalue weighted by Gasteiger charge is -2.38. The van der Waals surface area contributed by atoms with E-state index >= 15 is 0 Å². The van der Waals surface area contributed by atoms with Gasteiger partial charge in [0.2, 0.25) is 5.91 Å². The van der Waals surface area contributed by atoms with Gasteiger partial charge in [-0.3, -0.25) is 9.69 Å². The van der Waals surface area contributed by atoms with E-state index < -0.39 is 0 Å². The number of hydrogen-bond acceptors (Lipinski definition) is 3. The molecule has 1 aromatic carbocycles. The van der Waals surface area contributed by atoms with Gasteiger partial charge in [0, 0.05) is 11.4 Å². The topological polar surface area (TPSA) is 58.4 Å². The number of amides is 1. The van der Waals surface area contributed by atoms with Crippen LogP contribution in [0.3, 0.4) is 0 Å². The normalized spacial score (nSPS) is 18.4. The highest BCUT2D eigenvalue weighted by atomic mass is 16.2. The largest absolute Gasteiger partial charge is 0.399 e. The van der Waals surface area contributed by atoms with Crippen molar-refractivity contribution in [1.82, 2.24) is 4.90 Å². The van der Waals surface area contributed by atoms with E-state index in [1.165, 1.54) is 19.3 Å². The van der Waals surface area contributed by atoms with E-state index in [-0.39, 0.29) is 5.91 Å². The summed E-state index contributed by atoms with van der Waals surface area (Å²) in [5.74, 6) is 0.0452. The van der Waals surface area contributed by atoms with Crippen LogP contribution in [0.1, 0.15) is 38.7 Å². The summed E-state index contributed by atoms with van der Waals surface area (Å²) in [6.07, 6.45) is 3.57. The molecule has 116 valence electrons. The zero-order valence-corrected chi connectivity index (χ0v) is 13.4. The van der Waals surface area contributed by atoms with Crippen LogP contribution < -0.4 is 11.1 Å². The molecule has 3 N–H and O–H groups in total. The monoisotopic (exact) mass is 289 g/mol. The molecule has 0 aliphatic carbocycles. The number of carbonyl (C=O) groups is 1. The van der Waals surface area contributed by atoms with Crippen LogP contribution in [0.4, 0.5) is 11.4 Å². The van der Waals surface area contributed by atoms with Gasteiger partial charge in [0.15, 0.2) is 0 Å². The van der Waals surface area contributed by atoms with Crippen molar-refractivity contribution in [1.29, 1.82) is 0 Å². The predicted molar refractivity (Wildman–Crippen MR) is 88.3 cm³/mol. The van der Waals surface area contributed by atoms with Crippen molar-refractivity contribution >= 4 is 17.3 Å². The van der Waals surface area contributed by atoms with Gasteiger partial charge < -0.3 is 11.1 Å². The Balaban J connectivity index is 1.87. The van der Waals surface area contributed by atoms with Gasteiger partial charge in [-0.2, -0.15) is 0 Å². The number of carbonyl (C=O) groups excluding carboxylic acids is 1. The Morgan fingerprint density at radius 1 is 1.38 bits per heavy atom. The summed E-state index contributed by atoms with van der Waals surface area (Å²) >= 11 is 0. The van der Waals surface area contributed by atoms with E-state index in [0.717, 1.165) is 24.3 Å². The molecule has 0 atom stereocenters. The molecule has 0 saturated carbocycles. The fourth-order valence-electron chi connectivity index (χ4n) is 2.77. The molecule has 2 rings (SSSR count). The van der Waals surface area contributed by atoms with E-state index in [9.17, 15) is 4.79 Å². The molecule has 21 heavy (non-hydrogen) atoms. The van der Waals surface area contributed by atoms with Crippen LogP contribution >= 0.6 is 0 Å². The maximum Gasteiger partial charge on any atom is 0.238 e. The smallest absolute Gasteiger partial charge is 0.238 e. The number of nitrogens with zero attached hydrogens (tertiary/aromatic N) is 1.